The van der Waals surface area contributed by atoms with Crippen molar-refractivity contribution in [1.29, 1.82) is 5.41 Å². The molecule has 0 aromatic heterocycles. The van der Waals surface area contributed by atoms with Gasteiger partial charge >= 0.3 is 0 Å². The second kappa shape index (κ2) is 7.33. The Labute approximate surface area is 148 Å². The first-order valence-electron chi connectivity index (χ1n) is 8.95. The smallest absolute Gasteiger partial charge is 0.208 e. The molecule has 2 unspecified atom stereocenters. The van der Waals surface area contributed by atoms with Gasteiger partial charge in [0.2, 0.25) is 5.97 Å². The molecule has 2 aliphatic heterocycles. The Morgan fingerprint density at radius 3 is 2.80 bits per heavy atom. The summed E-state index contributed by atoms with van der Waals surface area (Å²) in [5, 5.41) is 15.2. The van der Waals surface area contributed by atoms with Crippen molar-refractivity contribution in [3.8, 4) is 0 Å². The molecular formula is C19H26FN5. The van der Waals surface area contributed by atoms with Gasteiger partial charge < -0.3 is 16.0 Å². The maximum absolute atomic E-state index is 13.1. The van der Waals surface area contributed by atoms with Gasteiger partial charge in [0.1, 0.15) is 11.7 Å². The molecule has 2 heterocycles. The molecule has 134 valence electrons. The molecule has 0 aromatic carbocycles. The van der Waals surface area contributed by atoms with Crippen molar-refractivity contribution in [1.82, 2.24) is 10.6 Å². The number of nitrogens with one attached hydrogen (secondary N) is 3. The number of dihydropyridines is 1. The van der Waals surface area contributed by atoms with Crippen LogP contribution in [0.15, 0.2) is 45.8 Å². The molecule has 0 radical (unpaired) electrons. The number of rotatable bonds is 5. The minimum absolute atomic E-state index is 0.0249. The molecule has 0 amide bonds. The molecule has 3 aliphatic rings. The third-order valence-electron chi connectivity index (χ3n) is 5.12. The zero-order chi connectivity index (χ0) is 18.0. The summed E-state index contributed by atoms with van der Waals surface area (Å²) in [4.78, 5) is 8.47. The molecule has 5 nitrogen and oxygen atoms in total. The van der Waals surface area contributed by atoms with E-state index in [9.17, 15) is 4.39 Å². The first-order chi connectivity index (χ1) is 12.0. The number of nitrogens with zero attached hydrogens (tertiary/aromatic N) is 2. The molecule has 0 aromatic rings. The van der Waals surface area contributed by atoms with Gasteiger partial charge in [-0.3, -0.25) is 4.99 Å². The molecule has 0 spiro atoms. The van der Waals surface area contributed by atoms with E-state index < -0.39 is 5.97 Å². The monoisotopic (exact) mass is 343 g/mol. The lowest BCUT2D eigenvalue weighted by Gasteiger charge is -2.29. The highest BCUT2D eigenvalue weighted by molar-refractivity contribution is 6.06. The molecule has 1 fully saturated rings. The standard InChI is InChI=1S/C19H26FN5/c1-11(15-8-9-16(20)22-10-15)24-19-17(12(2)23-13(3)25-19)18(21)14-6-4-5-7-14/h8-9,11,14-15,21,24H,2,4-7,10H2,1,3H3,(H,23,25). The summed E-state index contributed by atoms with van der Waals surface area (Å²) in [5.74, 6) is 1.39. The number of allylic oxidation sites excluding steroid dienone is 2. The van der Waals surface area contributed by atoms with Crippen molar-refractivity contribution in [2.75, 3.05) is 6.54 Å². The Hall–Kier alpha value is -2.24. The Bertz CT molecular complexity index is 695. The van der Waals surface area contributed by atoms with Gasteiger partial charge in [-0.2, -0.15) is 4.39 Å². The average molecular weight is 343 g/mol. The zero-order valence-electron chi connectivity index (χ0n) is 14.9. The van der Waals surface area contributed by atoms with Gasteiger partial charge in [-0.05, 0) is 32.8 Å². The normalized spacial score (nSPS) is 25.4. The van der Waals surface area contributed by atoms with E-state index in [1.165, 1.54) is 18.9 Å². The van der Waals surface area contributed by atoms with Crippen LogP contribution in [-0.2, 0) is 0 Å². The predicted molar refractivity (Wildman–Crippen MR) is 101 cm³/mol. The summed E-state index contributed by atoms with van der Waals surface area (Å²) in [6.07, 6.45) is 7.73. The first kappa shape index (κ1) is 17.6. The fraction of sp³-hybridized carbons (Fsp3) is 0.526. The predicted octanol–water partition coefficient (Wildman–Crippen LogP) is 3.48. The van der Waals surface area contributed by atoms with Crippen LogP contribution in [0.5, 0.6) is 0 Å². The van der Waals surface area contributed by atoms with Crippen LogP contribution in [0.2, 0.25) is 0 Å². The van der Waals surface area contributed by atoms with Crippen LogP contribution in [0.4, 0.5) is 4.39 Å². The molecule has 0 saturated heterocycles. The number of halogens is 1. The summed E-state index contributed by atoms with van der Waals surface area (Å²) in [5.41, 5.74) is 2.12. The Morgan fingerprint density at radius 1 is 1.44 bits per heavy atom. The third-order valence-corrected chi connectivity index (χ3v) is 5.12. The second-order valence-electron chi connectivity index (χ2n) is 7.04. The maximum atomic E-state index is 13.1. The summed E-state index contributed by atoms with van der Waals surface area (Å²) in [6, 6.07) is 0.0249. The van der Waals surface area contributed by atoms with E-state index in [1.807, 2.05) is 19.9 Å². The highest BCUT2D eigenvalue weighted by Crippen LogP contribution is 2.31. The molecule has 6 heteroatoms. The molecule has 0 bridgehead atoms. The summed E-state index contributed by atoms with van der Waals surface area (Å²) in [6.45, 7) is 8.44. The quantitative estimate of drug-likeness (QED) is 0.669. The van der Waals surface area contributed by atoms with Gasteiger partial charge in [0.25, 0.3) is 0 Å². The van der Waals surface area contributed by atoms with Gasteiger partial charge in [0.05, 0.1) is 12.1 Å². The van der Waals surface area contributed by atoms with Crippen molar-refractivity contribution >= 4 is 17.5 Å². The average Bonchev–Trinajstić information content (AvgIpc) is 3.09. The summed E-state index contributed by atoms with van der Waals surface area (Å²) < 4.78 is 13.1. The van der Waals surface area contributed by atoms with E-state index >= 15 is 0 Å². The van der Waals surface area contributed by atoms with E-state index in [1.54, 1.807) is 0 Å². The van der Waals surface area contributed by atoms with Gasteiger partial charge in [0, 0.05) is 29.3 Å². The molecule has 1 aliphatic carbocycles. The SMILES string of the molecule is C=C1NC(C)=NC(NC(C)C2C=CC(F)=NC2)=C1C(=N)C1CCCC1. The van der Waals surface area contributed by atoms with Gasteiger partial charge in [0.15, 0.2) is 0 Å². The minimum Gasteiger partial charge on any atom is -0.366 e. The first-order valence-corrected chi connectivity index (χ1v) is 8.95. The van der Waals surface area contributed by atoms with E-state index in [-0.39, 0.29) is 17.9 Å². The van der Waals surface area contributed by atoms with Crippen LogP contribution in [-0.4, -0.2) is 30.1 Å². The second-order valence-corrected chi connectivity index (χ2v) is 7.04. The van der Waals surface area contributed by atoms with E-state index in [2.05, 4.69) is 27.2 Å². The Morgan fingerprint density at radius 2 is 2.16 bits per heavy atom. The Kier molecular flexibility index (Phi) is 5.16. The Balaban J connectivity index is 1.83. The summed E-state index contributed by atoms with van der Waals surface area (Å²) >= 11 is 0. The minimum atomic E-state index is -0.421. The van der Waals surface area contributed by atoms with E-state index in [0.717, 1.165) is 29.9 Å². The molecule has 1 saturated carbocycles. The molecule has 25 heavy (non-hydrogen) atoms. The van der Waals surface area contributed by atoms with Gasteiger partial charge in [-0.15, -0.1) is 0 Å². The van der Waals surface area contributed by atoms with Crippen LogP contribution < -0.4 is 10.6 Å². The lowest BCUT2D eigenvalue weighted by atomic mass is 9.92. The van der Waals surface area contributed by atoms with Crippen LogP contribution >= 0.6 is 0 Å². The van der Waals surface area contributed by atoms with Crippen molar-refractivity contribution in [3.63, 3.8) is 0 Å². The number of hydrogen-bond acceptors (Lipinski definition) is 5. The van der Waals surface area contributed by atoms with Gasteiger partial charge in [-0.25, -0.2) is 4.99 Å². The fourth-order valence-electron chi connectivity index (χ4n) is 3.65. The lowest BCUT2D eigenvalue weighted by molar-refractivity contribution is 0.469. The maximum Gasteiger partial charge on any atom is 0.208 e. The highest BCUT2D eigenvalue weighted by atomic mass is 19.1. The van der Waals surface area contributed by atoms with Crippen LogP contribution in [0.1, 0.15) is 39.5 Å². The molecule has 3 rings (SSSR count). The topological polar surface area (TPSA) is 72.6 Å². The van der Waals surface area contributed by atoms with Crippen LogP contribution in [0, 0.1) is 17.2 Å². The number of hydrogen-bond donors (Lipinski definition) is 3. The zero-order valence-corrected chi connectivity index (χ0v) is 14.9. The fourth-order valence-corrected chi connectivity index (χ4v) is 3.65. The number of aliphatic imine (C=N–C) groups is 2. The van der Waals surface area contributed by atoms with Crippen LogP contribution in [0.3, 0.4) is 0 Å². The third kappa shape index (κ3) is 3.89. The van der Waals surface area contributed by atoms with Crippen molar-refractivity contribution in [2.24, 2.45) is 21.8 Å². The molecule has 2 atom stereocenters. The highest BCUT2D eigenvalue weighted by Gasteiger charge is 2.29. The van der Waals surface area contributed by atoms with Crippen molar-refractivity contribution in [2.45, 2.75) is 45.6 Å². The van der Waals surface area contributed by atoms with Crippen molar-refractivity contribution < 1.29 is 4.39 Å². The van der Waals surface area contributed by atoms with E-state index in [0.29, 0.717) is 18.1 Å². The molecule has 3 N–H and O–H groups in total. The molecular weight excluding hydrogens is 317 g/mol. The van der Waals surface area contributed by atoms with Gasteiger partial charge in [-0.1, -0.05) is 25.5 Å². The van der Waals surface area contributed by atoms with Crippen molar-refractivity contribution in [3.05, 3.63) is 35.8 Å². The number of amidine groups is 1. The summed E-state index contributed by atoms with van der Waals surface area (Å²) in [7, 11) is 0. The lowest BCUT2D eigenvalue weighted by Crippen LogP contribution is -2.39. The van der Waals surface area contributed by atoms with E-state index in [4.69, 9.17) is 5.41 Å². The van der Waals surface area contributed by atoms with Crippen LogP contribution in [0.25, 0.3) is 0 Å². The largest absolute Gasteiger partial charge is 0.366 e.